The van der Waals surface area contributed by atoms with E-state index in [-0.39, 0.29) is 22.7 Å². The fourth-order valence-corrected chi connectivity index (χ4v) is 3.48. The van der Waals surface area contributed by atoms with E-state index >= 15 is 4.39 Å². The number of alkyl halides is 2. The topological polar surface area (TPSA) is 85.7 Å². The van der Waals surface area contributed by atoms with Gasteiger partial charge in [0.25, 0.3) is 5.92 Å². The van der Waals surface area contributed by atoms with Gasteiger partial charge in [0.1, 0.15) is 11.6 Å². The monoisotopic (exact) mass is 478 g/mol. The summed E-state index contributed by atoms with van der Waals surface area (Å²) in [7, 11) is 0. The van der Waals surface area contributed by atoms with Gasteiger partial charge in [-0.15, -0.1) is 5.10 Å². The van der Waals surface area contributed by atoms with Crippen molar-refractivity contribution in [2.45, 2.75) is 24.9 Å². The first-order valence-corrected chi connectivity index (χ1v) is 10.1. The molecule has 0 aliphatic carbocycles. The van der Waals surface area contributed by atoms with Gasteiger partial charge < -0.3 is 15.6 Å². The molecule has 1 atom stereocenters. The summed E-state index contributed by atoms with van der Waals surface area (Å²) in [4.78, 5) is 3.94. The zero-order valence-electron chi connectivity index (χ0n) is 17.8. The second-order valence-electron chi connectivity index (χ2n) is 7.80. The van der Waals surface area contributed by atoms with E-state index in [1.807, 2.05) is 0 Å². The fourth-order valence-electron chi connectivity index (χ4n) is 3.48. The van der Waals surface area contributed by atoms with Crippen molar-refractivity contribution in [3.05, 3.63) is 77.7 Å². The molecule has 11 heteroatoms. The molecule has 4 rings (SSSR count). The summed E-state index contributed by atoms with van der Waals surface area (Å²) < 4.78 is 78.6. The normalized spacial score (nSPS) is 13.7. The standard InChI is InChI=1S/C23H19F5N4O2/c1-22(33,14-2-4-15(24)5-3-14)23(27,28)9-11-34-17-7-6-16(25)19(20(17)26)13-8-10-32-18(12-13)30-21(29)31-32/h2-8,10,12,33H,9,11H2,1H3,(H2,29,31). The lowest BCUT2D eigenvalue weighted by Crippen LogP contribution is -2.43. The Hall–Kier alpha value is -3.73. The molecule has 0 aliphatic heterocycles. The van der Waals surface area contributed by atoms with E-state index in [2.05, 4.69) is 10.1 Å². The van der Waals surface area contributed by atoms with Crippen LogP contribution >= 0.6 is 0 Å². The lowest BCUT2D eigenvalue weighted by atomic mass is 9.87. The summed E-state index contributed by atoms with van der Waals surface area (Å²) >= 11 is 0. The predicted molar refractivity (Wildman–Crippen MR) is 114 cm³/mol. The minimum absolute atomic E-state index is 0.0207. The van der Waals surface area contributed by atoms with Crippen molar-refractivity contribution < 1.29 is 31.8 Å². The predicted octanol–water partition coefficient (Wildman–Crippen LogP) is 4.71. The zero-order chi connectivity index (χ0) is 24.7. The molecule has 0 spiro atoms. The number of nitrogen functional groups attached to an aromatic ring is 1. The summed E-state index contributed by atoms with van der Waals surface area (Å²) in [5.74, 6) is -6.80. The molecule has 34 heavy (non-hydrogen) atoms. The van der Waals surface area contributed by atoms with Crippen LogP contribution in [0, 0.1) is 17.5 Å². The van der Waals surface area contributed by atoms with Gasteiger partial charge in [-0.3, -0.25) is 0 Å². The smallest absolute Gasteiger partial charge is 0.283 e. The largest absolute Gasteiger partial charge is 0.490 e. The van der Waals surface area contributed by atoms with Gasteiger partial charge >= 0.3 is 0 Å². The number of fused-ring (bicyclic) bond motifs is 1. The van der Waals surface area contributed by atoms with Crippen LogP contribution in [0.15, 0.2) is 54.7 Å². The molecule has 0 amide bonds. The van der Waals surface area contributed by atoms with Gasteiger partial charge in [0, 0.05) is 12.6 Å². The van der Waals surface area contributed by atoms with Gasteiger partial charge in [0.2, 0.25) is 5.95 Å². The number of hydrogen-bond donors (Lipinski definition) is 2. The maximum absolute atomic E-state index is 15.1. The minimum Gasteiger partial charge on any atom is -0.490 e. The number of aromatic nitrogens is 3. The van der Waals surface area contributed by atoms with Crippen LogP contribution in [0.1, 0.15) is 18.9 Å². The van der Waals surface area contributed by atoms with Gasteiger partial charge in [-0.25, -0.2) is 26.5 Å². The van der Waals surface area contributed by atoms with E-state index in [0.29, 0.717) is 0 Å². The molecule has 0 aliphatic rings. The number of hydrogen-bond acceptors (Lipinski definition) is 5. The van der Waals surface area contributed by atoms with Crippen LogP contribution in [-0.4, -0.2) is 32.2 Å². The molecule has 0 radical (unpaired) electrons. The van der Waals surface area contributed by atoms with Crippen LogP contribution in [0.5, 0.6) is 5.75 Å². The number of halogens is 5. The molecule has 0 bridgehead atoms. The first kappa shape index (κ1) is 23.4. The molecule has 3 N–H and O–H groups in total. The van der Waals surface area contributed by atoms with Crippen molar-refractivity contribution in [1.29, 1.82) is 0 Å². The van der Waals surface area contributed by atoms with E-state index < -0.39 is 53.3 Å². The van der Waals surface area contributed by atoms with Crippen LogP contribution in [-0.2, 0) is 5.60 Å². The maximum atomic E-state index is 15.1. The van der Waals surface area contributed by atoms with E-state index in [4.69, 9.17) is 10.5 Å². The summed E-state index contributed by atoms with van der Waals surface area (Å²) in [5, 5.41) is 14.3. The van der Waals surface area contributed by atoms with Gasteiger partial charge in [-0.1, -0.05) is 12.1 Å². The van der Waals surface area contributed by atoms with Crippen molar-refractivity contribution in [2.75, 3.05) is 12.3 Å². The molecular formula is C23H19F5N4O2. The Labute approximate surface area is 190 Å². The Bertz CT molecular complexity index is 1340. The van der Waals surface area contributed by atoms with Crippen molar-refractivity contribution in [1.82, 2.24) is 14.6 Å². The molecule has 6 nitrogen and oxygen atoms in total. The van der Waals surface area contributed by atoms with Crippen LogP contribution < -0.4 is 10.5 Å². The Morgan fingerprint density at radius 1 is 1.06 bits per heavy atom. The highest BCUT2D eigenvalue weighted by Gasteiger charge is 2.49. The van der Waals surface area contributed by atoms with Gasteiger partial charge in [0.15, 0.2) is 22.8 Å². The Balaban J connectivity index is 1.53. The highest BCUT2D eigenvalue weighted by Crippen LogP contribution is 2.40. The van der Waals surface area contributed by atoms with Crippen molar-refractivity contribution in [3.8, 4) is 16.9 Å². The minimum atomic E-state index is -3.71. The second-order valence-corrected chi connectivity index (χ2v) is 7.80. The number of aliphatic hydroxyl groups is 1. The third-order valence-electron chi connectivity index (χ3n) is 5.49. The lowest BCUT2D eigenvalue weighted by Gasteiger charge is -2.33. The molecule has 4 aromatic rings. The number of nitrogens with zero attached hydrogens (tertiary/aromatic N) is 3. The number of pyridine rings is 1. The van der Waals surface area contributed by atoms with Crippen LogP contribution in [0.25, 0.3) is 16.8 Å². The van der Waals surface area contributed by atoms with Crippen molar-refractivity contribution in [2.24, 2.45) is 0 Å². The molecule has 0 saturated carbocycles. The highest BCUT2D eigenvalue weighted by molar-refractivity contribution is 5.70. The average Bonchev–Trinajstić information content (AvgIpc) is 3.15. The third-order valence-corrected chi connectivity index (χ3v) is 5.49. The zero-order valence-corrected chi connectivity index (χ0v) is 17.8. The first-order chi connectivity index (χ1) is 16.0. The summed E-state index contributed by atoms with van der Waals surface area (Å²) in [6, 6.07) is 8.70. The Morgan fingerprint density at radius 3 is 2.47 bits per heavy atom. The van der Waals surface area contributed by atoms with E-state index in [0.717, 1.165) is 43.3 Å². The number of ether oxygens (including phenoxy) is 1. The summed E-state index contributed by atoms with van der Waals surface area (Å²) in [6.07, 6.45) is 0.424. The molecule has 1 unspecified atom stereocenters. The molecule has 178 valence electrons. The summed E-state index contributed by atoms with van der Waals surface area (Å²) in [5.41, 5.74) is 2.62. The first-order valence-electron chi connectivity index (χ1n) is 10.1. The second kappa shape index (κ2) is 8.56. The Morgan fingerprint density at radius 2 is 1.76 bits per heavy atom. The molecule has 2 aromatic carbocycles. The van der Waals surface area contributed by atoms with Gasteiger partial charge in [-0.2, -0.15) is 4.98 Å². The molecular weight excluding hydrogens is 459 g/mol. The van der Waals surface area contributed by atoms with Crippen LogP contribution in [0.3, 0.4) is 0 Å². The number of benzene rings is 2. The van der Waals surface area contributed by atoms with Crippen molar-refractivity contribution in [3.63, 3.8) is 0 Å². The molecule has 2 aromatic heterocycles. The Kier molecular flexibility index (Phi) is 5.90. The van der Waals surface area contributed by atoms with Crippen LogP contribution in [0.4, 0.5) is 27.9 Å². The van der Waals surface area contributed by atoms with E-state index in [1.165, 1.54) is 22.8 Å². The van der Waals surface area contributed by atoms with E-state index in [9.17, 15) is 22.7 Å². The third kappa shape index (κ3) is 4.26. The van der Waals surface area contributed by atoms with Gasteiger partial charge in [-0.05, 0) is 54.4 Å². The molecule has 0 fully saturated rings. The van der Waals surface area contributed by atoms with Gasteiger partial charge in [0.05, 0.1) is 12.2 Å². The lowest BCUT2D eigenvalue weighted by molar-refractivity contribution is -0.184. The number of rotatable bonds is 7. The van der Waals surface area contributed by atoms with E-state index in [1.54, 1.807) is 0 Å². The highest BCUT2D eigenvalue weighted by atomic mass is 19.3. The number of anilines is 1. The fraction of sp³-hybridized carbons (Fsp3) is 0.217. The SMILES string of the molecule is CC(O)(c1ccc(F)cc1)C(F)(F)CCOc1ccc(F)c(-c2ccn3nc(N)nc3c2)c1F. The van der Waals surface area contributed by atoms with Crippen molar-refractivity contribution >= 4 is 11.6 Å². The quantitative estimate of drug-likeness (QED) is 0.376. The maximum Gasteiger partial charge on any atom is 0.283 e. The summed E-state index contributed by atoms with van der Waals surface area (Å²) in [6.45, 7) is 0.205. The molecule has 0 saturated heterocycles. The average molecular weight is 478 g/mol. The number of nitrogens with two attached hydrogens (primary N) is 1. The van der Waals surface area contributed by atoms with Crippen LogP contribution in [0.2, 0.25) is 0 Å². The molecule has 2 heterocycles.